The summed E-state index contributed by atoms with van der Waals surface area (Å²) < 4.78 is 0. The van der Waals surface area contributed by atoms with E-state index < -0.39 is 8.07 Å². The molecule has 1 rings (SSSR count). The normalized spacial score (nSPS) is 15.8. The van der Waals surface area contributed by atoms with Crippen LogP contribution in [0.3, 0.4) is 0 Å². The van der Waals surface area contributed by atoms with Crippen LogP contribution in [-0.4, -0.2) is 19.8 Å². The average Bonchev–Trinajstić information content (AvgIpc) is 2.26. The van der Waals surface area contributed by atoms with E-state index in [2.05, 4.69) is 50.8 Å². The van der Waals surface area contributed by atoms with Crippen LogP contribution in [0.25, 0.3) is 0 Å². The van der Waals surface area contributed by atoms with Crippen LogP contribution in [0, 0.1) is 0 Å². The third-order valence-electron chi connectivity index (χ3n) is 3.23. The molecule has 1 atom stereocenters. The summed E-state index contributed by atoms with van der Waals surface area (Å²) in [5.41, 5.74) is 1.27. The Morgan fingerprint density at radius 2 is 1.69 bits per heavy atom. The van der Waals surface area contributed by atoms with Gasteiger partial charge in [-0.3, -0.25) is 0 Å². The van der Waals surface area contributed by atoms with E-state index in [1.54, 1.807) is 0 Å². The van der Waals surface area contributed by atoms with Crippen molar-refractivity contribution in [3.63, 3.8) is 0 Å². The van der Waals surface area contributed by atoms with Gasteiger partial charge in [-0.25, -0.2) is 0 Å². The number of aliphatic hydroxyl groups excluding tert-OH is 1. The van der Waals surface area contributed by atoms with Gasteiger partial charge in [0, 0.05) is 13.5 Å². The first-order valence-electron chi connectivity index (χ1n) is 6.10. The molecule has 16 heavy (non-hydrogen) atoms. The summed E-state index contributed by atoms with van der Waals surface area (Å²) in [6.45, 7) is 9.56. The van der Waals surface area contributed by atoms with E-state index in [-0.39, 0.29) is 12.0 Å². The molecule has 0 heterocycles. The summed E-state index contributed by atoms with van der Waals surface area (Å²) in [5.74, 6) is 0. The Morgan fingerprint density at radius 3 is 2.06 bits per heavy atom. The molecular formula is C14H24OSi. The van der Waals surface area contributed by atoms with Crippen molar-refractivity contribution in [1.29, 1.82) is 0 Å². The highest BCUT2D eigenvalue weighted by atomic mass is 28.3. The second-order valence-electron chi connectivity index (χ2n) is 5.90. The summed E-state index contributed by atoms with van der Waals surface area (Å²) in [6, 6.07) is 11.6. The van der Waals surface area contributed by atoms with Gasteiger partial charge in [0.1, 0.15) is 0 Å². The molecule has 0 fully saturated rings. The van der Waals surface area contributed by atoms with Gasteiger partial charge in [-0.1, -0.05) is 56.9 Å². The van der Waals surface area contributed by atoms with E-state index in [1.165, 1.54) is 5.56 Å². The molecule has 2 heteroatoms. The first-order chi connectivity index (χ1) is 7.43. The van der Waals surface area contributed by atoms with Crippen LogP contribution in [0.1, 0.15) is 18.9 Å². The lowest BCUT2D eigenvalue weighted by atomic mass is 9.80. The molecule has 0 amide bonds. The fourth-order valence-electron chi connectivity index (χ4n) is 2.50. The van der Waals surface area contributed by atoms with Gasteiger partial charge < -0.3 is 5.11 Å². The van der Waals surface area contributed by atoms with Gasteiger partial charge in [-0.15, -0.1) is 0 Å². The zero-order valence-corrected chi connectivity index (χ0v) is 12.0. The summed E-state index contributed by atoms with van der Waals surface area (Å²) in [4.78, 5) is 0. The van der Waals surface area contributed by atoms with Crippen molar-refractivity contribution < 1.29 is 5.11 Å². The van der Waals surface area contributed by atoms with Gasteiger partial charge in [-0.2, -0.15) is 0 Å². The number of rotatable bonds is 5. The third kappa shape index (κ3) is 3.19. The molecule has 0 aliphatic carbocycles. The van der Waals surface area contributed by atoms with Gasteiger partial charge in [0.2, 0.25) is 0 Å². The predicted molar refractivity (Wildman–Crippen MR) is 73.6 cm³/mol. The monoisotopic (exact) mass is 236 g/mol. The van der Waals surface area contributed by atoms with E-state index in [4.69, 9.17) is 0 Å². The van der Waals surface area contributed by atoms with Crippen molar-refractivity contribution in [1.82, 2.24) is 0 Å². The Hall–Kier alpha value is -0.603. The fourth-order valence-corrected chi connectivity index (χ4v) is 5.09. The highest BCUT2D eigenvalue weighted by molar-refractivity contribution is 6.76. The van der Waals surface area contributed by atoms with Crippen LogP contribution in [0.15, 0.2) is 30.3 Å². The maximum Gasteiger partial charge on any atom is 0.0525 e. The van der Waals surface area contributed by atoms with E-state index in [1.807, 2.05) is 6.07 Å². The van der Waals surface area contributed by atoms with Gasteiger partial charge in [-0.05, 0) is 18.0 Å². The molecule has 0 aliphatic heterocycles. The summed E-state index contributed by atoms with van der Waals surface area (Å²) in [5, 5.41) is 9.82. The average molecular weight is 236 g/mol. The van der Waals surface area contributed by atoms with Crippen molar-refractivity contribution >= 4 is 8.07 Å². The van der Waals surface area contributed by atoms with Crippen LogP contribution < -0.4 is 0 Å². The predicted octanol–water partition coefficient (Wildman–Crippen LogP) is 3.66. The largest absolute Gasteiger partial charge is 0.395 e. The zero-order chi connectivity index (χ0) is 12.2. The highest BCUT2D eigenvalue weighted by Gasteiger charge is 2.34. The molecule has 1 nitrogen and oxygen atoms in total. The van der Waals surface area contributed by atoms with Crippen molar-refractivity contribution in [3.8, 4) is 0 Å². The van der Waals surface area contributed by atoms with Crippen molar-refractivity contribution in [2.24, 2.45) is 0 Å². The molecule has 1 aromatic carbocycles. The Bertz CT molecular complexity index is 309. The maximum absolute atomic E-state index is 9.82. The van der Waals surface area contributed by atoms with Gasteiger partial charge >= 0.3 is 0 Å². The van der Waals surface area contributed by atoms with Crippen molar-refractivity contribution in [2.75, 3.05) is 6.61 Å². The Labute approximate surface area is 101 Å². The lowest BCUT2D eigenvalue weighted by molar-refractivity contribution is 0.200. The first kappa shape index (κ1) is 13.5. The lowest BCUT2D eigenvalue weighted by Crippen LogP contribution is -2.38. The van der Waals surface area contributed by atoms with Crippen LogP contribution in [0.2, 0.25) is 25.7 Å². The SMILES string of the molecule is CCC(CO)(C[Si](C)(C)C)c1ccccc1. The molecule has 1 N–H and O–H groups in total. The molecule has 0 aliphatic rings. The minimum atomic E-state index is -1.18. The van der Waals surface area contributed by atoms with Gasteiger partial charge in [0.15, 0.2) is 0 Å². The molecule has 0 aromatic heterocycles. The standard InChI is InChI=1S/C14H24OSi/c1-5-14(11-15,12-16(2,3)4)13-9-7-6-8-10-13/h6-10,15H,5,11-12H2,1-4H3. The summed E-state index contributed by atoms with van der Waals surface area (Å²) in [6.07, 6.45) is 1.01. The number of benzene rings is 1. The topological polar surface area (TPSA) is 20.2 Å². The van der Waals surface area contributed by atoms with Gasteiger partial charge in [0.05, 0.1) is 6.61 Å². The lowest BCUT2D eigenvalue weighted by Gasteiger charge is -2.36. The van der Waals surface area contributed by atoms with Crippen LogP contribution in [0.4, 0.5) is 0 Å². The maximum atomic E-state index is 9.82. The van der Waals surface area contributed by atoms with E-state index in [0.29, 0.717) is 0 Å². The molecule has 90 valence electrons. The third-order valence-corrected chi connectivity index (χ3v) is 4.97. The van der Waals surface area contributed by atoms with E-state index in [9.17, 15) is 5.11 Å². The second-order valence-corrected chi connectivity index (χ2v) is 11.4. The second kappa shape index (κ2) is 5.15. The number of hydrogen-bond acceptors (Lipinski definition) is 1. The highest BCUT2D eigenvalue weighted by Crippen LogP contribution is 2.36. The van der Waals surface area contributed by atoms with Crippen LogP contribution in [-0.2, 0) is 5.41 Å². The van der Waals surface area contributed by atoms with Crippen molar-refractivity contribution in [3.05, 3.63) is 35.9 Å². The summed E-state index contributed by atoms with van der Waals surface area (Å²) >= 11 is 0. The Kier molecular flexibility index (Phi) is 4.33. The minimum absolute atomic E-state index is 0.0221. The first-order valence-corrected chi connectivity index (χ1v) is 9.81. The fraction of sp³-hybridized carbons (Fsp3) is 0.571. The molecule has 1 unspecified atom stereocenters. The quantitative estimate of drug-likeness (QED) is 0.774. The van der Waals surface area contributed by atoms with Crippen LogP contribution in [0.5, 0.6) is 0 Å². The summed E-state index contributed by atoms with van der Waals surface area (Å²) in [7, 11) is -1.18. The molecular weight excluding hydrogens is 212 g/mol. The molecule has 1 aromatic rings. The minimum Gasteiger partial charge on any atom is -0.395 e. The number of hydrogen-bond donors (Lipinski definition) is 1. The molecule has 0 saturated heterocycles. The molecule has 0 radical (unpaired) electrons. The zero-order valence-electron chi connectivity index (χ0n) is 11.0. The Balaban J connectivity index is 3.06. The van der Waals surface area contributed by atoms with E-state index >= 15 is 0 Å². The Morgan fingerprint density at radius 1 is 1.12 bits per heavy atom. The smallest absolute Gasteiger partial charge is 0.0525 e. The van der Waals surface area contributed by atoms with Gasteiger partial charge in [0.25, 0.3) is 0 Å². The molecule has 0 saturated carbocycles. The van der Waals surface area contributed by atoms with E-state index in [0.717, 1.165) is 12.5 Å². The van der Waals surface area contributed by atoms with Crippen LogP contribution >= 0.6 is 0 Å². The molecule has 0 bridgehead atoms. The number of aliphatic hydroxyl groups is 1. The van der Waals surface area contributed by atoms with Crippen molar-refractivity contribution in [2.45, 2.75) is 44.4 Å². The molecule has 0 spiro atoms.